The maximum Gasteiger partial charge on any atom is 0.251 e. The van der Waals surface area contributed by atoms with Crippen molar-refractivity contribution in [1.29, 1.82) is 0 Å². The maximum absolute atomic E-state index is 13.1. The van der Waals surface area contributed by atoms with Crippen LogP contribution in [0.15, 0.2) is 66.0 Å². The number of fused-ring (bicyclic) bond motifs is 1. The lowest BCUT2D eigenvalue weighted by molar-refractivity contribution is -0.118. The van der Waals surface area contributed by atoms with E-state index in [0.29, 0.717) is 5.57 Å². The third-order valence-electron chi connectivity index (χ3n) is 5.15. The number of amides is 1. The van der Waals surface area contributed by atoms with Crippen molar-refractivity contribution in [1.82, 2.24) is 10.3 Å². The highest BCUT2D eigenvalue weighted by molar-refractivity contribution is 5.98. The first-order valence-electron chi connectivity index (χ1n) is 12.0. The van der Waals surface area contributed by atoms with E-state index in [1.54, 1.807) is 6.08 Å². The van der Waals surface area contributed by atoms with Crippen LogP contribution in [0.2, 0.25) is 0 Å². The van der Waals surface area contributed by atoms with E-state index in [2.05, 4.69) is 65.6 Å². The first-order valence-corrected chi connectivity index (χ1v) is 12.0. The van der Waals surface area contributed by atoms with E-state index in [4.69, 9.17) is 0 Å². The van der Waals surface area contributed by atoms with E-state index in [0.717, 1.165) is 35.5 Å². The van der Waals surface area contributed by atoms with Crippen molar-refractivity contribution in [2.24, 2.45) is 5.92 Å². The van der Waals surface area contributed by atoms with Gasteiger partial charge < -0.3 is 15.6 Å². The number of carbonyl (C=O) groups is 1. The van der Waals surface area contributed by atoms with E-state index in [9.17, 15) is 4.79 Å². The number of rotatable bonds is 8. The Morgan fingerprint density at radius 3 is 2.52 bits per heavy atom. The van der Waals surface area contributed by atoms with Gasteiger partial charge in [0.1, 0.15) is 5.82 Å². The second kappa shape index (κ2) is 13.5. The zero-order valence-corrected chi connectivity index (χ0v) is 21.8. The highest BCUT2D eigenvalue weighted by atomic mass is 16.1. The number of H-pyrrole nitrogens is 1. The summed E-state index contributed by atoms with van der Waals surface area (Å²) >= 11 is 0. The average Bonchev–Trinajstić information content (AvgIpc) is 3.19. The molecule has 4 nitrogen and oxygen atoms in total. The predicted molar refractivity (Wildman–Crippen MR) is 146 cm³/mol. The smallest absolute Gasteiger partial charge is 0.251 e. The Balaban J connectivity index is 0.00000265. The molecule has 1 aromatic heterocycles. The molecule has 0 bridgehead atoms. The van der Waals surface area contributed by atoms with Crippen LogP contribution in [0.4, 0.5) is 5.82 Å². The molecule has 1 unspecified atom stereocenters. The molecule has 0 radical (unpaired) electrons. The molecular formula is C29H43N3O. The second-order valence-electron chi connectivity index (χ2n) is 8.90. The van der Waals surface area contributed by atoms with Gasteiger partial charge in [-0.1, -0.05) is 81.5 Å². The van der Waals surface area contributed by atoms with Gasteiger partial charge in [-0.25, -0.2) is 0 Å². The highest BCUT2D eigenvalue weighted by Crippen LogP contribution is 2.29. The van der Waals surface area contributed by atoms with Crippen LogP contribution in [0, 0.1) is 5.92 Å². The quantitative estimate of drug-likeness (QED) is 0.285. The topological polar surface area (TPSA) is 56.9 Å². The lowest BCUT2D eigenvalue weighted by atomic mass is 9.88. The molecule has 2 heterocycles. The van der Waals surface area contributed by atoms with Crippen molar-refractivity contribution in [2.75, 3.05) is 11.9 Å². The molecule has 2 rings (SSSR count). The van der Waals surface area contributed by atoms with Crippen LogP contribution < -0.4 is 10.6 Å². The Kier molecular flexibility index (Phi) is 11.5. The van der Waals surface area contributed by atoms with Gasteiger partial charge in [0.2, 0.25) is 0 Å². The van der Waals surface area contributed by atoms with Crippen LogP contribution in [0.1, 0.15) is 72.9 Å². The number of allylic oxidation sites excluding steroid dienone is 6. The molecule has 1 aliphatic rings. The Bertz CT molecular complexity index is 946. The van der Waals surface area contributed by atoms with Crippen LogP contribution in [0.3, 0.4) is 0 Å². The van der Waals surface area contributed by atoms with Crippen LogP contribution >= 0.6 is 0 Å². The first kappa shape index (κ1) is 28.0. The summed E-state index contributed by atoms with van der Waals surface area (Å²) in [7, 11) is 0. The van der Waals surface area contributed by atoms with Crippen molar-refractivity contribution < 1.29 is 4.79 Å². The van der Waals surface area contributed by atoms with Crippen LogP contribution in [0.5, 0.6) is 0 Å². The maximum atomic E-state index is 13.1. The standard InChI is InChI=1S/C27H37N3O.C2H6/c1-8-12-20(9-2)17-19(4)23(22(10-3)26(31)30-27(5,6)7)15-14-21-18-29-25-24(21)13-11-16-28-25;1-2/h8-15,18-19,28-29H,3,16-17H2,1-2,4-7H3,(H,30,31);1-2H3/b12-8-,15-14+,20-9+,23-22-;. The molecule has 180 valence electrons. The van der Waals surface area contributed by atoms with Gasteiger partial charge in [-0.05, 0) is 52.5 Å². The van der Waals surface area contributed by atoms with E-state index in [-0.39, 0.29) is 17.4 Å². The van der Waals surface area contributed by atoms with Crippen molar-refractivity contribution in [3.63, 3.8) is 0 Å². The van der Waals surface area contributed by atoms with Crippen LogP contribution in [-0.4, -0.2) is 23.0 Å². The number of anilines is 1. The highest BCUT2D eigenvalue weighted by Gasteiger charge is 2.21. The molecule has 1 atom stereocenters. The molecule has 33 heavy (non-hydrogen) atoms. The molecule has 1 aromatic rings. The molecule has 0 fully saturated rings. The normalized spacial score (nSPS) is 15.3. The van der Waals surface area contributed by atoms with Gasteiger partial charge >= 0.3 is 0 Å². The molecule has 0 saturated carbocycles. The fourth-order valence-corrected chi connectivity index (χ4v) is 3.66. The zero-order chi connectivity index (χ0) is 25.0. The number of nitrogens with one attached hydrogen (secondary N) is 3. The summed E-state index contributed by atoms with van der Waals surface area (Å²) in [4.78, 5) is 16.4. The van der Waals surface area contributed by atoms with Crippen molar-refractivity contribution in [2.45, 2.75) is 67.3 Å². The van der Waals surface area contributed by atoms with Crippen molar-refractivity contribution in [3.8, 4) is 0 Å². The van der Waals surface area contributed by atoms with Gasteiger partial charge in [-0.15, -0.1) is 0 Å². The lowest BCUT2D eigenvalue weighted by Crippen LogP contribution is -2.41. The third kappa shape index (κ3) is 8.45. The van der Waals surface area contributed by atoms with E-state index in [1.807, 2.05) is 60.7 Å². The summed E-state index contributed by atoms with van der Waals surface area (Å²) in [5, 5.41) is 6.42. The fraction of sp³-hybridized carbons (Fsp3) is 0.414. The molecular weight excluding hydrogens is 406 g/mol. The molecule has 0 spiro atoms. The number of aromatic amines is 1. The minimum absolute atomic E-state index is 0.0975. The summed E-state index contributed by atoms with van der Waals surface area (Å²) in [5.74, 6) is 1.07. The summed E-state index contributed by atoms with van der Waals surface area (Å²) in [5.41, 5.74) is 4.74. The minimum Gasteiger partial charge on any atom is -0.368 e. The van der Waals surface area contributed by atoms with E-state index < -0.39 is 0 Å². The number of hydrogen-bond acceptors (Lipinski definition) is 2. The van der Waals surface area contributed by atoms with Crippen molar-refractivity contribution >= 4 is 23.9 Å². The van der Waals surface area contributed by atoms with Gasteiger partial charge in [0.15, 0.2) is 0 Å². The predicted octanol–water partition coefficient (Wildman–Crippen LogP) is 7.44. The molecule has 0 aromatic carbocycles. The van der Waals surface area contributed by atoms with Crippen LogP contribution in [-0.2, 0) is 4.79 Å². The average molecular weight is 450 g/mol. The second-order valence-corrected chi connectivity index (χ2v) is 8.90. The van der Waals surface area contributed by atoms with Gasteiger partial charge in [0.05, 0.1) is 0 Å². The molecule has 3 N–H and O–H groups in total. The van der Waals surface area contributed by atoms with Gasteiger partial charge in [0.25, 0.3) is 5.91 Å². The van der Waals surface area contributed by atoms with Crippen molar-refractivity contribution in [3.05, 3.63) is 77.1 Å². The van der Waals surface area contributed by atoms with Crippen LogP contribution in [0.25, 0.3) is 12.2 Å². The largest absolute Gasteiger partial charge is 0.368 e. The lowest BCUT2D eigenvalue weighted by Gasteiger charge is -2.23. The number of hydrogen-bond donors (Lipinski definition) is 3. The minimum atomic E-state index is -0.320. The Morgan fingerprint density at radius 2 is 1.94 bits per heavy atom. The molecule has 1 amide bonds. The Labute approximate surface area is 201 Å². The number of aromatic nitrogens is 1. The molecule has 1 aliphatic heterocycles. The summed E-state index contributed by atoms with van der Waals surface area (Å²) in [6.45, 7) is 21.0. The first-order chi connectivity index (χ1) is 15.7. The fourth-order valence-electron chi connectivity index (χ4n) is 3.66. The van der Waals surface area contributed by atoms with E-state index >= 15 is 0 Å². The summed E-state index contributed by atoms with van der Waals surface area (Å²) in [6.07, 6.45) is 19.2. The van der Waals surface area contributed by atoms with Gasteiger partial charge in [-0.3, -0.25) is 4.79 Å². The molecule has 0 aliphatic carbocycles. The van der Waals surface area contributed by atoms with E-state index in [1.165, 1.54) is 5.57 Å². The van der Waals surface area contributed by atoms with Gasteiger partial charge in [-0.2, -0.15) is 0 Å². The monoisotopic (exact) mass is 449 g/mol. The summed E-state index contributed by atoms with van der Waals surface area (Å²) < 4.78 is 0. The summed E-state index contributed by atoms with van der Waals surface area (Å²) in [6, 6.07) is 0. The molecule has 4 heteroatoms. The zero-order valence-electron chi connectivity index (χ0n) is 21.8. The Hall–Kier alpha value is -3.01. The number of carbonyl (C=O) groups excluding carboxylic acids is 1. The molecule has 0 saturated heterocycles. The van der Waals surface area contributed by atoms with Gasteiger partial charge in [0, 0.05) is 35.0 Å². The SMILES string of the molecule is C=C/C(C(=O)NC(C)(C)C)=C(\C=C\c1c[nH]c2c1C=CCN2)C(C)CC(/C=C\C)=C/C.CC. The third-order valence-corrected chi connectivity index (χ3v) is 5.15. The Morgan fingerprint density at radius 1 is 1.24 bits per heavy atom.